The van der Waals surface area contributed by atoms with Gasteiger partial charge in [-0.2, -0.15) is 0 Å². The smallest absolute Gasteiger partial charge is 0.127 e. The van der Waals surface area contributed by atoms with E-state index in [9.17, 15) is 4.39 Å². The van der Waals surface area contributed by atoms with Crippen molar-refractivity contribution in [3.8, 4) is 0 Å². The molecule has 0 heterocycles. The molecule has 3 nitrogen and oxygen atoms in total. The number of methoxy groups -OCH3 is 1. The minimum Gasteiger partial charge on any atom is -0.399 e. The summed E-state index contributed by atoms with van der Waals surface area (Å²) in [7, 11) is 1.66. The van der Waals surface area contributed by atoms with Crippen molar-refractivity contribution < 1.29 is 9.13 Å². The number of nitrogen functional groups attached to an aromatic ring is 1. The van der Waals surface area contributed by atoms with Gasteiger partial charge in [-0.25, -0.2) is 4.39 Å². The maximum absolute atomic E-state index is 13.3. The van der Waals surface area contributed by atoms with Gasteiger partial charge in [0.25, 0.3) is 0 Å². The lowest BCUT2D eigenvalue weighted by Gasteiger charge is -2.26. The van der Waals surface area contributed by atoms with Crippen molar-refractivity contribution >= 4 is 11.4 Å². The molecule has 1 aromatic carbocycles. The second-order valence-electron chi connectivity index (χ2n) is 4.58. The van der Waals surface area contributed by atoms with Gasteiger partial charge >= 0.3 is 0 Å². The highest BCUT2D eigenvalue weighted by Crippen LogP contribution is 2.20. The van der Waals surface area contributed by atoms with Crippen molar-refractivity contribution in [3.05, 3.63) is 24.0 Å². The first-order valence-electron chi connectivity index (χ1n) is 5.83. The van der Waals surface area contributed by atoms with Crippen molar-refractivity contribution in [3.63, 3.8) is 0 Å². The Morgan fingerprint density at radius 2 is 2.06 bits per heavy atom. The molecule has 0 saturated carbocycles. The second-order valence-corrected chi connectivity index (χ2v) is 4.58. The summed E-state index contributed by atoms with van der Waals surface area (Å²) in [5.74, 6) is 0.197. The van der Waals surface area contributed by atoms with Gasteiger partial charge in [0.15, 0.2) is 0 Å². The number of hydrogen-bond donors (Lipinski definition) is 1. The molecule has 0 aliphatic heterocycles. The van der Waals surface area contributed by atoms with E-state index in [0.717, 1.165) is 18.8 Å². The summed E-state index contributed by atoms with van der Waals surface area (Å²) in [4.78, 5) is 2.09. The fraction of sp³-hybridized carbons (Fsp3) is 0.538. The fourth-order valence-corrected chi connectivity index (χ4v) is 1.75. The topological polar surface area (TPSA) is 38.5 Å². The molecule has 0 bridgehead atoms. The van der Waals surface area contributed by atoms with Gasteiger partial charge in [0.05, 0.1) is 6.61 Å². The summed E-state index contributed by atoms with van der Waals surface area (Å²) in [5.41, 5.74) is 6.92. The van der Waals surface area contributed by atoms with Crippen LogP contribution >= 0.6 is 0 Å². The van der Waals surface area contributed by atoms with E-state index in [1.54, 1.807) is 13.2 Å². The highest BCUT2D eigenvalue weighted by Gasteiger charge is 2.10. The zero-order chi connectivity index (χ0) is 12.8. The predicted molar refractivity (Wildman–Crippen MR) is 69.7 cm³/mol. The highest BCUT2D eigenvalue weighted by atomic mass is 19.1. The van der Waals surface area contributed by atoms with Crippen LogP contribution in [0.15, 0.2) is 18.2 Å². The number of anilines is 2. The number of nitrogens with two attached hydrogens (primary N) is 1. The number of rotatable bonds is 6. The highest BCUT2D eigenvalue weighted by molar-refractivity contribution is 5.56. The van der Waals surface area contributed by atoms with Gasteiger partial charge in [-0.3, -0.25) is 0 Å². The Kier molecular flexibility index (Phi) is 5.22. The van der Waals surface area contributed by atoms with Crippen LogP contribution in [0.1, 0.15) is 13.8 Å². The van der Waals surface area contributed by atoms with Crippen LogP contribution < -0.4 is 10.6 Å². The summed E-state index contributed by atoms with van der Waals surface area (Å²) in [5, 5.41) is 0. The standard InChI is InChI=1S/C13H21FN2O/c1-10(2)9-16(4-5-17-3)13-7-11(14)6-12(15)8-13/h6-8,10H,4-5,9,15H2,1-3H3. The Hall–Kier alpha value is -1.29. The third kappa shape index (κ3) is 4.61. The van der Waals surface area contributed by atoms with Gasteiger partial charge in [0, 0.05) is 31.6 Å². The number of ether oxygens (including phenoxy) is 1. The average molecular weight is 240 g/mol. The Morgan fingerprint density at radius 1 is 1.35 bits per heavy atom. The third-order valence-electron chi connectivity index (χ3n) is 2.42. The average Bonchev–Trinajstić information content (AvgIpc) is 2.22. The lowest BCUT2D eigenvalue weighted by molar-refractivity contribution is 0.204. The summed E-state index contributed by atoms with van der Waals surface area (Å²) >= 11 is 0. The van der Waals surface area contributed by atoms with Crippen LogP contribution in [0, 0.1) is 11.7 Å². The number of halogens is 1. The Bertz CT molecular complexity index is 335. The first-order chi connectivity index (χ1) is 8.02. The Balaban J connectivity index is 2.86. The third-order valence-corrected chi connectivity index (χ3v) is 2.42. The summed E-state index contributed by atoms with van der Waals surface area (Å²) in [6.07, 6.45) is 0. The normalized spacial score (nSPS) is 10.9. The summed E-state index contributed by atoms with van der Waals surface area (Å²) in [6.45, 7) is 6.46. The molecule has 0 fully saturated rings. The van der Waals surface area contributed by atoms with E-state index in [-0.39, 0.29) is 5.82 Å². The molecular weight excluding hydrogens is 219 g/mol. The molecule has 0 radical (unpaired) electrons. The van der Waals surface area contributed by atoms with Gasteiger partial charge in [0.2, 0.25) is 0 Å². The maximum atomic E-state index is 13.3. The SMILES string of the molecule is COCCN(CC(C)C)c1cc(N)cc(F)c1. The number of hydrogen-bond acceptors (Lipinski definition) is 3. The molecule has 4 heteroatoms. The van der Waals surface area contributed by atoms with Crippen LogP contribution in [0.4, 0.5) is 15.8 Å². The zero-order valence-corrected chi connectivity index (χ0v) is 10.7. The minimum absolute atomic E-state index is 0.300. The van der Waals surface area contributed by atoms with Crippen molar-refractivity contribution in [2.75, 3.05) is 37.4 Å². The monoisotopic (exact) mass is 240 g/mol. The van der Waals surface area contributed by atoms with E-state index < -0.39 is 0 Å². The van der Waals surface area contributed by atoms with E-state index in [4.69, 9.17) is 10.5 Å². The van der Waals surface area contributed by atoms with E-state index >= 15 is 0 Å². The largest absolute Gasteiger partial charge is 0.399 e. The molecule has 96 valence electrons. The molecule has 1 aromatic rings. The van der Waals surface area contributed by atoms with Crippen LogP contribution in [0.5, 0.6) is 0 Å². The molecule has 1 rings (SSSR count). The first kappa shape index (κ1) is 13.8. The lowest BCUT2D eigenvalue weighted by Crippen LogP contribution is -2.31. The van der Waals surface area contributed by atoms with Crippen molar-refractivity contribution in [2.24, 2.45) is 5.92 Å². The van der Waals surface area contributed by atoms with Gasteiger partial charge in [-0.15, -0.1) is 0 Å². The zero-order valence-electron chi connectivity index (χ0n) is 10.7. The quantitative estimate of drug-likeness (QED) is 0.776. The molecule has 0 unspecified atom stereocenters. The molecule has 2 N–H and O–H groups in total. The second kappa shape index (κ2) is 6.45. The molecule has 0 aromatic heterocycles. The van der Waals surface area contributed by atoms with Gasteiger partial charge in [0.1, 0.15) is 5.82 Å². The fourth-order valence-electron chi connectivity index (χ4n) is 1.75. The molecule has 0 aliphatic rings. The van der Waals surface area contributed by atoms with Gasteiger partial charge < -0.3 is 15.4 Å². The summed E-state index contributed by atoms with van der Waals surface area (Å²) in [6, 6.07) is 4.63. The van der Waals surface area contributed by atoms with Crippen LogP contribution in [0.25, 0.3) is 0 Å². The molecule has 0 aliphatic carbocycles. The lowest BCUT2D eigenvalue weighted by atomic mass is 10.1. The van der Waals surface area contributed by atoms with Crippen LogP contribution in [0.3, 0.4) is 0 Å². The predicted octanol–water partition coefficient (Wildman–Crippen LogP) is 2.52. The van der Waals surface area contributed by atoms with Crippen LogP contribution in [-0.4, -0.2) is 26.8 Å². The van der Waals surface area contributed by atoms with E-state index in [2.05, 4.69) is 18.7 Å². The molecule has 0 amide bonds. The number of nitrogens with zero attached hydrogens (tertiary/aromatic N) is 1. The first-order valence-corrected chi connectivity index (χ1v) is 5.83. The Morgan fingerprint density at radius 3 is 2.59 bits per heavy atom. The maximum Gasteiger partial charge on any atom is 0.127 e. The van der Waals surface area contributed by atoms with Crippen molar-refractivity contribution in [1.29, 1.82) is 0 Å². The van der Waals surface area contributed by atoms with E-state index in [1.165, 1.54) is 12.1 Å². The van der Waals surface area contributed by atoms with E-state index in [1.807, 2.05) is 0 Å². The molecule has 0 atom stereocenters. The number of benzene rings is 1. The van der Waals surface area contributed by atoms with Gasteiger partial charge in [-0.1, -0.05) is 13.8 Å². The molecule has 0 spiro atoms. The van der Waals surface area contributed by atoms with Crippen LogP contribution in [-0.2, 0) is 4.74 Å². The van der Waals surface area contributed by atoms with Crippen LogP contribution in [0.2, 0.25) is 0 Å². The minimum atomic E-state index is -0.300. The molecule has 0 saturated heterocycles. The summed E-state index contributed by atoms with van der Waals surface area (Å²) < 4.78 is 18.4. The van der Waals surface area contributed by atoms with Crippen molar-refractivity contribution in [1.82, 2.24) is 0 Å². The van der Waals surface area contributed by atoms with Crippen molar-refractivity contribution in [2.45, 2.75) is 13.8 Å². The Labute approximate surface area is 102 Å². The molecular formula is C13H21FN2O. The van der Waals surface area contributed by atoms with Gasteiger partial charge in [-0.05, 0) is 24.1 Å². The molecule has 17 heavy (non-hydrogen) atoms. The van der Waals surface area contributed by atoms with E-state index in [0.29, 0.717) is 18.2 Å².